The van der Waals surface area contributed by atoms with E-state index in [9.17, 15) is 4.79 Å². The van der Waals surface area contributed by atoms with Crippen LogP contribution in [0.1, 0.15) is 47.5 Å². The van der Waals surface area contributed by atoms with Crippen molar-refractivity contribution >= 4 is 25.7 Å². The number of β-lactam (4-membered cyclic amide) rings is 1. The van der Waals surface area contributed by atoms with Crippen LogP contribution in [0, 0.1) is 5.92 Å². The van der Waals surface area contributed by atoms with Gasteiger partial charge in [-0.1, -0.05) is 33.9 Å². The van der Waals surface area contributed by atoms with Gasteiger partial charge >= 0.3 is 0 Å². The molecule has 0 radical (unpaired) electrons. The second-order valence-corrected chi connectivity index (χ2v) is 13.0. The van der Waals surface area contributed by atoms with Crippen LogP contribution in [-0.4, -0.2) is 30.1 Å². The van der Waals surface area contributed by atoms with Gasteiger partial charge < -0.3 is 4.57 Å². The number of carbonyl (C=O) groups excluding carboxylic acids is 1. The second-order valence-electron chi connectivity index (χ2n) is 7.52. The molecule has 1 aliphatic rings. The van der Waals surface area contributed by atoms with Crippen molar-refractivity contribution in [3.8, 4) is 0 Å². The number of halogens is 1. The molecule has 0 spiro atoms. The van der Waals surface area contributed by atoms with Crippen LogP contribution in [-0.2, 0) is 4.79 Å². The summed E-state index contributed by atoms with van der Waals surface area (Å²) in [4.78, 5) is 12.5. The Morgan fingerprint density at radius 3 is 2.17 bits per heavy atom. The van der Waals surface area contributed by atoms with Gasteiger partial charge in [-0.2, -0.15) is 0 Å². The number of nitrogens with zero attached hydrogens (tertiary/aromatic N) is 1. The molecular weight excluding hydrogens is 262 g/mol. The summed E-state index contributed by atoms with van der Waals surface area (Å²) in [6.07, 6.45) is 1.87. The summed E-state index contributed by atoms with van der Waals surface area (Å²) in [5.74, 6) is 1.18. The molecule has 106 valence electrons. The highest BCUT2D eigenvalue weighted by molar-refractivity contribution is 6.80. The van der Waals surface area contributed by atoms with Crippen molar-refractivity contribution in [2.75, 3.05) is 5.88 Å². The smallest absolute Gasteiger partial charge is 0.220 e. The maximum Gasteiger partial charge on any atom is 0.220 e. The Hall–Kier alpha value is -0.0231. The van der Waals surface area contributed by atoms with E-state index in [0.717, 1.165) is 12.8 Å². The third-order valence-corrected chi connectivity index (χ3v) is 10.8. The molecule has 0 saturated carbocycles. The molecule has 0 N–H and O–H groups in total. The lowest BCUT2D eigenvalue weighted by molar-refractivity contribution is -0.156. The molecule has 2 nitrogen and oxygen atoms in total. The Bertz CT molecular complexity index is 333. The predicted octanol–water partition coefficient (Wildman–Crippen LogP) is 4.25. The zero-order valence-electron chi connectivity index (χ0n) is 12.9. The van der Waals surface area contributed by atoms with Gasteiger partial charge in [0.25, 0.3) is 0 Å². The second kappa shape index (κ2) is 4.82. The molecule has 1 aliphatic heterocycles. The Morgan fingerprint density at radius 1 is 1.33 bits per heavy atom. The van der Waals surface area contributed by atoms with Gasteiger partial charge in [0.15, 0.2) is 8.24 Å². The zero-order chi connectivity index (χ0) is 14.4. The van der Waals surface area contributed by atoms with Gasteiger partial charge in [-0.15, -0.1) is 11.6 Å². The lowest BCUT2D eigenvalue weighted by Crippen LogP contribution is -2.77. The third kappa shape index (κ3) is 2.36. The molecule has 1 rings (SSSR count). The van der Waals surface area contributed by atoms with Crippen LogP contribution in [0.15, 0.2) is 0 Å². The van der Waals surface area contributed by atoms with Crippen LogP contribution >= 0.6 is 11.6 Å². The van der Waals surface area contributed by atoms with Gasteiger partial charge in [-0.25, -0.2) is 0 Å². The lowest BCUT2D eigenvalue weighted by atomic mass is 9.76. The first-order valence-corrected chi connectivity index (χ1v) is 10.4. The molecule has 1 saturated heterocycles. The van der Waals surface area contributed by atoms with Crippen molar-refractivity contribution in [3.63, 3.8) is 0 Å². The van der Waals surface area contributed by atoms with E-state index in [0.29, 0.717) is 11.8 Å². The first-order valence-electron chi connectivity index (χ1n) is 6.88. The molecular formula is C14H28ClNOSi. The Labute approximate surface area is 118 Å². The Morgan fingerprint density at radius 2 is 1.83 bits per heavy atom. The molecule has 1 amide bonds. The number of rotatable bonds is 4. The molecule has 0 bridgehead atoms. The number of hydrogen-bond acceptors (Lipinski definition) is 1. The molecule has 0 aromatic heterocycles. The van der Waals surface area contributed by atoms with Crippen LogP contribution in [0.5, 0.6) is 0 Å². The third-order valence-electron chi connectivity index (χ3n) is 4.97. The largest absolute Gasteiger partial charge is 0.363 e. The van der Waals surface area contributed by atoms with Crippen LogP contribution in [0.4, 0.5) is 0 Å². The van der Waals surface area contributed by atoms with E-state index in [1.54, 1.807) is 0 Å². The van der Waals surface area contributed by atoms with Gasteiger partial charge in [0, 0.05) is 11.4 Å². The Balaban J connectivity index is 2.92. The fourth-order valence-corrected chi connectivity index (χ4v) is 6.05. The minimum absolute atomic E-state index is 0.00610. The molecule has 1 heterocycles. The van der Waals surface area contributed by atoms with E-state index in [1.807, 2.05) is 0 Å². The summed E-state index contributed by atoms with van der Waals surface area (Å²) < 4.78 is 2.22. The minimum atomic E-state index is -1.75. The molecule has 1 atom stereocenters. The SMILES string of the molecule is CC1(C)C(CCCCl)C(=O)N1[Si](C)(C)C(C)(C)C. The number of alkyl halides is 1. The molecule has 1 unspecified atom stereocenters. The van der Waals surface area contributed by atoms with Crippen LogP contribution in [0.25, 0.3) is 0 Å². The zero-order valence-corrected chi connectivity index (χ0v) is 14.7. The lowest BCUT2D eigenvalue weighted by Gasteiger charge is -2.63. The molecule has 0 aliphatic carbocycles. The van der Waals surface area contributed by atoms with Gasteiger partial charge in [-0.05, 0) is 31.7 Å². The number of carbonyl (C=O) groups is 1. The molecule has 0 aromatic carbocycles. The minimum Gasteiger partial charge on any atom is -0.363 e. The summed E-state index contributed by atoms with van der Waals surface area (Å²) in [6.45, 7) is 15.8. The highest BCUT2D eigenvalue weighted by Gasteiger charge is 2.60. The average Bonchev–Trinajstić information content (AvgIpc) is 2.14. The summed E-state index contributed by atoms with van der Waals surface area (Å²) in [5, 5.41) is 0.206. The van der Waals surface area contributed by atoms with Crippen molar-refractivity contribution in [2.24, 2.45) is 5.92 Å². The van der Waals surface area contributed by atoms with Crippen molar-refractivity contribution in [1.82, 2.24) is 4.57 Å². The van der Waals surface area contributed by atoms with Gasteiger partial charge in [0.05, 0.1) is 5.92 Å². The van der Waals surface area contributed by atoms with E-state index in [1.165, 1.54) is 0 Å². The van der Waals surface area contributed by atoms with E-state index < -0.39 is 8.24 Å². The van der Waals surface area contributed by atoms with Crippen molar-refractivity contribution in [3.05, 3.63) is 0 Å². The molecule has 4 heteroatoms. The predicted molar refractivity (Wildman–Crippen MR) is 81.6 cm³/mol. The fraction of sp³-hybridized carbons (Fsp3) is 0.929. The van der Waals surface area contributed by atoms with Crippen LogP contribution < -0.4 is 0 Å². The quantitative estimate of drug-likeness (QED) is 0.430. The van der Waals surface area contributed by atoms with Gasteiger partial charge in [0.1, 0.15) is 0 Å². The summed E-state index contributed by atoms with van der Waals surface area (Å²) >= 11 is 5.75. The number of amides is 1. The summed E-state index contributed by atoms with van der Waals surface area (Å²) in [5.41, 5.74) is 0.00610. The molecule has 0 aromatic rings. The van der Waals surface area contributed by atoms with Crippen LogP contribution in [0.2, 0.25) is 18.1 Å². The standard InChI is InChI=1S/C14H28ClNOSi/c1-13(2,3)18(6,7)16-12(17)11(9-8-10-15)14(16,4)5/h11H,8-10H2,1-7H3. The fourth-order valence-electron chi connectivity index (χ4n) is 2.92. The summed E-state index contributed by atoms with van der Waals surface area (Å²) in [7, 11) is -1.75. The van der Waals surface area contributed by atoms with Crippen LogP contribution in [0.3, 0.4) is 0 Å². The number of hydrogen-bond donors (Lipinski definition) is 0. The first kappa shape index (κ1) is 16.0. The maximum atomic E-state index is 12.5. The van der Waals surface area contributed by atoms with Crippen molar-refractivity contribution in [1.29, 1.82) is 0 Å². The maximum absolute atomic E-state index is 12.5. The van der Waals surface area contributed by atoms with E-state index >= 15 is 0 Å². The van der Waals surface area contributed by atoms with Gasteiger partial charge in [-0.3, -0.25) is 4.79 Å². The topological polar surface area (TPSA) is 20.3 Å². The average molecular weight is 290 g/mol. The van der Waals surface area contributed by atoms with Crippen molar-refractivity contribution in [2.45, 2.75) is 71.1 Å². The van der Waals surface area contributed by atoms with E-state index in [-0.39, 0.29) is 16.5 Å². The van der Waals surface area contributed by atoms with E-state index in [4.69, 9.17) is 11.6 Å². The Kier molecular flexibility index (Phi) is 4.30. The van der Waals surface area contributed by atoms with E-state index in [2.05, 4.69) is 52.3 Å². The normalized spacial score (nSPS) is 24.1. The highest BCUT2D eigenvalue weighted by Crippen LogP contribution is 2.50. The first-order chi connectivity index (χ1) is 7.98. The highest BCUT2D eigenvalue weighted by atomic mass is 35.5. The monoisotopic (exact) mass is 289 g/mol. The molecule has 1 fully saturated rings. The molecule has 18 heavy (non-hydrogen) atoms. The van der Waals surface area contributed by atoms with Crippen molar-refractivity contribution < 1.29 is 4.79 Å². The summed E-state index contributed by atoms with van der Waals surface area (Å²) in [6, 6.07) is 0. The van der Waals surface area contributed by atoms with Gasteiger partial charge in [0.2, 0.25) is 5.91 Å².